The van der Waals surface area contributed by atoms with Gasteiger partial charge in [-0.1, -0.05) is 30.3 Å². The van der Waals surface area contributed by atoms with Gasteiger partial charge < -0.3 is 0 Å². The second-order valence-corrected chi connectivity index (χ2v) is 4.23. The fourth-order valence-electron chi connectivity index (χ4n) is 1.18. The number of nitrogens with zero attached hydrogens (tertiary/aromatic N) is 1. The van der Waals surface area contributed by atoms with Crippen molar-refractivity contribution in [2.24, 2.45) is 0 Å². The zero-order chi connectivity index (χ0) is 9.26. The molecule has 1 aromatic heterocycles. The van der Waals surface area contributed by atoms with Crippen molar-refractivity contribution in [1.29, 1.82) is 0 Å². The fourth-order valence-corrected chi connectivity index (χ4v) is 2.10. The summed E-state index contributed by atoms with van der Waals surface area (Å²) in [5.74, 6) is 0. The van der Waals surface area contributed by atoms with Gasteiger partial charge in [0.15, 0.2) is 15.7 Å². The summed E-state index contributed by atoms with van der Waals surface area (Å²) in [5.41, 5.74) is 2.35. The van der Waals surface area contributed by atoms with E-state index in [1.165, 1.54) is 10.3 Å². The third-order valence-corrected chi connectivity index (χ3v) is 3.17. The Morgan fingerprint density at radius 3 is 2.31 bits per heavy atom. The Hall–Kier alpha value is -1.02. The molecule has 0 aliphatic carbocycles. The summed E-state index contributed by atoms with van der Waals surface area (Å²) in [6.07, 6.45) is 0. The zero-order valence-corrected chi connectivity index (χ0v) is 8.56. The fraction of sp³-hybridized carbons (Fsp3) is 0. The number of hydrogen-bond donors (Lipinski definition) is 0. The van der Waals surface area contributed by atoms with Crippen molar-refractivity contribution in [3.63, 3.8) is 0 Å². The zero-order valence-electron chi connectivity index (χ0n) is 7.74. The Morgan fingerprint density at radius 2 is 1.77 bits per heavy atom. The normalized spacial score (nSPS) is 10.2. The van der Waals surface area contributed by atoms with Crippen molar-refractivity contribution in [2.45, 2.75) is 0 Å². The van der Waals surface area contributed by atoms with Crippen molar-refractivity contribution in [3.8, 4) is 10.6 Å². The van der Waals surface area contributed by atoms with Crippen molar-refractivity contribution in [1.82, 2.24) is 4.98 Å². The first kappa shape index (κ1) is 8.57. The second kappa shape index (κ2) is 3.38. The van der Waals surface area contributed by atoms with Crippen LogP contribution in [0.25, 0.3) is 10.6 Å². The molecule has 0 saturated carbocycles. The predicted molar refractivity (Wildman–Crippen MR) is 63.9 cm³/mol. The Bertz CT molecular complexity index is 391. The minimum Gasteiger partial charge on any atom is -0.253 e. The molecule has 0 atom stereocenters. The summed E-state index contributed by atoms with van der Waals surface area (Å²) in [7, 11) is 4.16. The van der Waals surface area contributed by atoms with Crippen LogP contribution in [0.3, 0.4) is 0 Å². The average Bonchev–Trinajstić information content (AvgIpc) is 2.49. The molecule has 0 spiro atoms. The Kier molecular flexibility index (Phi) is 2.23. The first-order valence-corrected chi connectivity index (χ1v) is 5.08. The lowest BCUT2D eigenvalue weighted by molar-refractivity contribution is 1.47. The number of rotatable bonds is 1. The maximum absolute atomic E-state index is 4.50. The molecule has 1 nitrogen and oxygen atoms in total. The van der Waals surface area contributed by atoms with Gasteiger partial charge in [-0.25, -0.2) is 0 Å². The average molecular weight is 185 g/mol. The van der Waals surface area contributed by atoms with Crippen molar-refractivity contribution in [2.75, 3.05) is 0 Å². The lowest BCUT2D eigenvalue weighted by Gasteiger charge is -1.92. The van der Waals surface area contributed by atoms with Gasteiger partial charge >= 0.3 is 0 Å². The van der Waals surface area contributed by atoms with Crippen LogP contribution in [0.4, 0.5) is 0 Å². The van der Waals surface area contributed by atoms with E-state index in [1.54, 1.807) is 11.3 Å². The highest BCUT2D eigenvalue weighted by molar-refractivity contribution is 7.23. The lowest BCUT2D eigenvalue weighted by atomic mass is 9.94. The third kappa shape index (κ3) is 1.68. The SMILES string of the molecule is Bc1nc(-c2ccccc2)sc1B. The molecule has 13 heavy (non-hydrogen) atoms. The second-order valence-electron chi connectivity index (χ2n) is 3.03. The van der Waals surface area contributed by atoms with Gasteiger partial charge in [-0.15, -0.1) is 11.3 Å². The van der Waals surface area contributed by atoms with E-state index in [9.17, 15) is 0 Å². The molecule has 1 heterocycles. The standard InChI is InChI=1S/C9H9B2NS/c10-7-8(11)13-9(12-7)6-4-2-1-3-5-6/h1-5H,10-11H2. The van der Waals surface area contributed by atoms with E-state index in [4.69, 9.17) is 0 Å². The monoisotopic (exact) mass is 185 g/mol. The van der Waals surface area contributed by atoms with Crippen LogP contribution >= 0.6 is 11.3 Å². The summed E-state index contributed by atoms with van der Waals surface area (Å²) < 4.78 is 1.30. The van der Waals surface area contributed by atoms with E-state index >= 15 is 0 Å². The van der Waals surface area contributed by atoms with Crippen molar-refractivity contribution < 1.29 is 0 Å². The molecule has 0 radical (unpaired) electrons. The van der Waals surface area contributed by atoms with Gasteiger partial charge in [-0.3, -0.25) is 4.98 Å². The highest BCUT2D eigenvalue weighted by Crippen LogP contribution is 2.18. The van der Waals surface area contributed by atoms with Gasteiger partial charge in [0.2, 0.25) is 0 Å². The molecule has 0 saturated heterocycles. The minimum absolute atomic E-state index is 1.12. The van der Waals surface area contributed by atoms with Crippen LogP contribution in [0.2, 0.25) is 0 Å². The highest BCUT2D eigenvalue weighted by atomic mass is 32.1. The van der Waals surface area contributed by atoms with Crippen LogP contribution in [-0.2, 0) is 0 Å². The van der Waals surface area contributed by atoms with E-state index in [0.29, 0.717) is 0 Å². The molecule has 0 amide bonds. The molecule has 2 rings (SSSR count). The van der Waals surface area contributed by atoms with Crippen LogP contribution in [0.15, 0.2) is 30.3 Å². The van der Waals surface area contributed by atoms with Crippen LogP contribution in [0.1, 0.15) is 0 Å². The molecule has 0 aliphatic rings. The minimum atomic E-state index is 1.12. The molecule has 1 aromatic carbocycles. The van der Waals surface area contributed by atoms with Gasteiger partial charge in [0.1, 0.15) is 5.01 Å². The predicted octanol–water partition coefficient (Wildman–Crippen LogP) is -0.673. The number of aromatic nitrogens is 1. The largest absolute Gasteiger partial charge is 0.253 e. The molecule has 62 valence electrons. The van der Waals surface area contributed by atoms with E-state index in [0.717, 1.165) is 10.6 Å². The quantitative estimate of drug-likeness (QED) is 0.536. The first-order valence-electron chi connectivity index (χ1n) is 4.27. The molecular formula is C9H9B2NS. The Morgan fingerprint density at radius 1 is 1.08 bits per heavy atom. The smallest absolute Gasteiger partial charge is 0.164 e. The molecule has 2 aromatic rings. The lowest BCUT2D eigenvalue weighted by Crippen LogP contribution is -2.21. The number of benzene rings is 1. The van der Waals surface area contributed by atoms with Crippen LogP contribution in [0.5, 0.6) is 0 Å². The maximum Gasteiger partial charge on any atom is 0.164 e. The van der Waals surface area contributed by atoms with E-state index < -0.39 is 0 Å². The van der Waals surface area contributed by atoms with Crippen LogP contribution in [0, 0.1) is 0 Å². The summed E-state index contributed by atoms with van der Waals surface area (Å²) in [5, 5.41) is 1.12. The highest BCUT2D eigenvalue weighted by Gasteiger charge is 2.03. The van der Waals surface area contributed by atoms with E-state index in [1.807, 2.05) is 18.2 Å². The first-order chi connectivity index (χ1) is 6.27. The van der Waals surface area contributed by atoms with Gasteiger partial charge in [0, 0.05) is 11.2 Å². The molecular weight excluding hydrogens is 176 g/mol. The van der Waals surface area contributed by atoms with Gasteiger partial charge in [-0.05, 0) is 4.78 Å². The topological polar surface area (TPSA) is 12.9 Å². The van der Waals surface area contributed by atoms with Crippen LogP contribution in [-0.4, -0.2) is 20.7 Å². The molecule has 0 unspecified atom stereocenters. The molecule has 0 aliphatic heterocycles. The van der Waals surface area contributed by atoms with Gasteiger partial charge in [0.25, 0.3) is 0 Å². The van der Waals surface area contributed by atoms with E-state index in [2.05, 4.69) is 32.8 Å². The Labute approximate surface area is 83.7 Å². The number of hydrogen-bond acceptors (Lipinski definition) is 2. The summed E-state index contributed by atoms with van der Waals surface area (Å²) in [6.45, 7) is 0. The Balaban J connectivity index is 2.48. The molecule has 0 N–H and O–H groups in total. The summed E-state index contributed by atoms with van der Waals surface area (Å²) >= 11 is 1.76. The summed E-state index contributed by atoms with van der Waals surface area (Å²) in [6, 6.07) is 10.3. The molecule has 0 bridgehead atoms. The van der Waals surface area contributed by atoms with E-state index in [-0.39, 0.29) is 0 Å². The van der Waals surface area contributed by atoms with Gasteiger partial charge in [0.05, 0.1) is 0 Å². The van der Waals surface area contributed by atoms with Crippen molar-refractivity contribution >= 4 is 37.4 Å². The van der Waals surface area contributed by atoms with Crippen LogP contribution < -0.4 is 10.4 Å². The number of thiazole rings is 1. The molecule has 0 fully saturated rings. The van der Waals surface area contributed by atoms with Crippen molar-refractivity contribution in [3.05, 3.63) is 30.3 Å². The third-order valence-electron chi connectivity index (χ3n) is 2.05. The van der Waals surface area contributed by atoms with Gasteiger partial charge in [-0.2, -0.15) is 0 Å². The molecule has 4 heteroatoms. The summed E-state index contributed by atoms with van der Waals surface area (Å²) in [4.78, 5) is 4.50. The maximum atomic E-state index is 4.50.